The predicted molar refractivity (Wildman–Crippen MR) is 91.9 cm³/mol. The summed E-state index contributed by atoms with van der Waals surface area (Å²) in [6, 6.07) is 8.25. The van der Waals surface area contributed by atoms with Crippen LogP contribution in [0.2, 0.25) is 0 Å². The number of piperidine rings is 1. The minimum atomic E-state index is 0. The third-order valence-electron chi connectivity index (χ3n) is 3.69. The van der Waals surface area contributed by atoms with Gasteiger partial charge in [-0.2, -0.15) is 0 Å². The summed E-state index contributed by atoms with van der Waals surface area (Å²) in [7, 11) is 4.33. The van der Waals surface area contributed by atoms with E-state index in [4.69, 9.17) is 5.73 Å². The highest BCUT2D eigenvalue weighted by Crippen LogP contribution is 2.20. The van der Waals surface area contributed by atoms with Gasteiger partial charge in [-0.05, 0) is 63.6 Å². The van der Waals surface area contributed by atoms with Crippen LogP contribution in [-0.2, 0) is 6.54 Å². The van der Waals surface area contributed by atoms with E-state index in [1.54, 1.807) is 0 Å². The lowest BCUT2D eigenvalue weighted by molar-refractivity contribution is 0.157. The monoisotopic (exact) mass is 319 g/mol. The highest BCUT2D eigenvalue weighted by atomic mass is 35.5. The highest BCUT2D eigenvalue weighted by Gasteiger charge is 2.19. The van der Waals surface area contributed by atoms with E-state index >= 15 is 0 Å². The van der Waals surface area contributed by atoms with Crippen molar-refractivity contribution in [3.8, 4) is 0 Å². The second-order valence-electron chi connectivity index (χ2n) is 5.73. The third-order valence-corrected chi connectivity index (χ3v) is 3.69. The molecule has 0 atom stereocenters. The van der Waals surface area contributed by atoms with E-state index in [0.717, 1.165) is 18.2 Å². The Morgan fingerprint density at radius 3 is 2.40 bits per heavy atom. The van der Waals surface area contributed by atoms with Crippen LogP contribution in [0.4, 0.5) is 5.69 Å². The molecule has 0 aliphatic carbocycles. The topological polar surface area (TPSA) is 32.5 Å². The van der Waals surface area contributed by atoms with Crippen molar-refractivity contribution < 1.29 is 0 Å². The lowest BCUT2D eigenvalue weighted by atomic mass is 9.96. The fourth-order valence-electron chi connectivity index (χ4n) is 2.79. The van der Waals surface area contributed by atoms with Crippen molar-refractivity contribution in [2.45, 2.75) is 19.4 Å². The van der Waals surface area contributed by atoms with Crippen LogP contribution in [0.15, 0.2) is 24.3 Å². The number of nitrogen functional groups attached to an aromatic ring is 1. The van der Waals surface area contributed by atoms with Crippen LogP contribution in [0.25, 0.3) is 0 Å². The molecule has 20 heavy (non-hydrogen) atoms. The van der Waals surface area contributed by atoms with Gasteiger partial charge in [0, 0.05) is 18.8 Å². The Balaban J connectivity index is 0.00000180. The summed E-state index contributed by atoms with van der Waals surface area (Å²) in [6.07, 6.45) is 2.64. The summed E-state index contributed by atoms with van der Waals surface area (Å²) in [4.78, 5) is 4.85. The van der Waals surface area contributed by atoms with Gasteiger partial charge in [0.1, 0.15) is 0 Å². The summed E-state index contributed by atoms with van der Waals surface area (Å²) in [6.45, 7) is 4.70. The van der Waals surface area contributed by atoms with Crippen LogP contribution in [0.1, 0.15) is 18.4 Å². The number of hydrogen-bond acceptors (Lipinski definition) is 3. The van der Waals surface area contributed by atoms with Gasteiger partial charge < -0.3 is 10.6 Å². The second kappa shape index (κ2) is 9.46. The number of benzene rings is 1. The summed E-state index contributed by atoms with van der Waals surface area (Å²) in [5.41, 5.74) is 8.02. The second-order valence-corrected chi connectivity index (χ2v) is 5.73. The molecule has 1 aliphatic rings. The molecular formula is C15H27Cl2N3. The maximum Gasteiger partial charge on any atom is 0.0317 e. The smallest absolute Gasteiger partial charge is 0.0317 e. The number of likely N-dealkylation sites (tertiary alicyclic amines) is 1. The SMILES string of the molecule is CN(C)CC1CCN(Cc2cccc(N)c2)CC1.Cl.Cl. The van der Waals surface area contributed by atoms with Crippen LogP contribution >= 0.6 is 24.8 Å². The van der Waals surface area contributed by atoms with Gasteiger partial charge in [-0.25, -0.2) is 0 Å². The van der Waals surface area contributed by atoms with E-state index in [1.807, 2.05) is 12.1 Å². The van der Waals surface area contributed by atoms with Gasteiger partial charge in [-0.15, -0.1) is 24.8 Å². The third kappa shape index (κ3) is 6.31. The zero-order chi connectivity index (χ0) is 13.0. The quantitative estimate of drug-likeness (QED) is 0.866. The lowest BCUT2D eigenvalue weighted by Gasteiger charge is -2.33. The zero-order valence-electron chi connectivity index (χ0n) is 12.4. The Labute approximate surface area is 135 Å². The summed E-state index contributed by atoms with van der Waals surface area (Å²) >= 11 is 0. The van der Waals surface area contributed by atoms with Crippen molar-refractivity contribution in [2.24, 2.45) is 5.92 Å². The molecule has 0 spiro atoms. The van der Waals surface area contributed by atoms with Crippen LogP contribution in [0.3, 0.4) is 0 Å². The van der Waals surface area contributed by atoms with E-state index in [0.29, 0.717) is 0 Å². The van der Waals surface area contributed by atoms with Crippen LogP contribution < -0.4 is 5.73 Å². The summed E-state index contributed by atoms with van der Waals surface area (Å²) in [5.74, 6) is 0.872. The van der Waals surface area contributed by atoms with Crippen molar-refractivity contribution in [1.29, 1.82) is 0 Å². The average Bonchev–Trinajstić information content (AvgIpc) is 2.31. The summed E-state index contributed by atoms with van der Waals surface area (Å²) in [5, 5.41) is 0. The summed E-state index contributed by atoms with van der Waals surface area (Å²) < 4.78 is 0. The van der Waals surface area contributed by atoms with Crippen LogP contribution in [0.5, 0.6) is 0 Å². The first-order valence-corrected chi connectivity index (χ1v) is 6.85. The Morgan fingerprint density at radius 2 is 1.85 bits per heavy atom. The zero-order valence-corrected chi connectivity index (χ0v) is 14.1. The van der Waals surface area contributed by atoms with Crippen molar-refractivity contribution >= 4 is 30.5 Å². The Bertz CT molecular complexity index is 377. The Hall–Kier alpha value is -0.480. The minimum Gasteiger partial charge on any atom is -0.399 e. The molecule has 1 aromatic carbocycles. The highest BCUT2D eigenvalue weighted by molar-refractivity contribution is 5.85. The predicted octanol–water partition coefficient (Wildman–Crippen LogP) is 2.89. The molecule has 2 rings (SSSR count). The van der Waals surface area contributed by atoms with E-state index in [9.17, 15) is 0 Å². The standard InChI is InChI=1S/C15H25N3.2ClH/c1-17(2)11-13-6-8-18(9-7-13)12-14-4-3-5-15(16)10-14;;/h3-5,10,13H,6-9,11-12,16H2,1-2H3;2*1H. The molecule has 1 saturated heterocycles. The normalized spacial score (nSPS) is 16.6. The molecule has 5 heteroatoms. The molecule has 0 amide bonds. The maximum absolute atomic E-state index is 5.82. The molecule has 0 aromatic heterocycles. The number of hydrogen-bond donors (Lipinski definition) is 1. The van der Waals surface area contributed by atoms with Gasteiger partial charge >= 0.3 is 0 Å². The number of halogens is 2. The molecule has 2 N–H and O–H groups in total. The van der Waals surface area contributed by atoms with Crippen molar-refractivity contribution in [2.75, 3.05) is 39.5 Å². The Kier molecular flexibility index (Phi) is 9.23. The fourth-order valence-corrected chi connectivity index (χ4v) is 2.79. The molecule has 1 heterocycles. The van der Waals surface area contributed by atoms with E-state index in [2.05, 4.69) is 36.0 Å². The molecule has 116 valence electrons. The number of anilines is 1. The van der Waals surface area contributed by atoms with E-state index in [1.165, 1.54) is 38.0 Å². The van der Waals surface area contributed by atoms with Gasteiger partial charge in [0.2, 0.25) is 0 Å². The molecule has 0 saturated carbocycles. The molecule has 1 aromatic rings. The van der Waals surface area contributed by atoms with Crippen molar-refractivity contribution in [3.63, 3.8) is 0 Å². The fraction of sp³-hybridized carbons (Fsp3) is 0.600. The van der Waals surface area contributed by atoms with Gasteiger partial charge in [-0.3, -0.25) is 4.90 Å². The molecule has 0 radical (unpaired) electrons. The van der Waals surface area contributed by atoms with Gasteiger partial charge in [0.05, 0.1) is 0 Å². The number of rotatable bonds is 4. The van der Waals surface area contributed by atoms with E-state index in [-0.39, 0.29) is 24.8 Å². The molecule has 1 aliphatic heterocycles. The first kappa shape index (κ1) is 19.5. The number of nitrogens with two attached hydrogens (primary N) is 1. The van der Waals surface area contributed by atoms with Gasteiger partial charge in [0.15, 0.2) is 0 Å². The minimum absolute atomic E-state index is 0. The maximum atomic E-state index is 5.82. The molecule has 3 nitrogen and oxygen atoms in total. The largest absolute Gasteiger partial charge is 0.399 e. The average molecular weight is 320 g/mol. The Morgan fingerprint density at radius 1 is 1.20 bits per heavy atom. The van der Waals surface area contributed by atoms with Gasteiger partial charge in [0.25, 0.3) is 0 Å². The van der Waals surface area contributed by atoms with E-state index < -0.39 is 0 Å². The van der Waals surface area contributed by atoms with Crippen molar-refractivity contribution in [3.05, 3.63) is 29.8 Å². The molecule has 0 bridgehead atoms. The number of nitrogens with zero attached hydrogens (tertiary/aromatic N) is 2. The molecule has 1 fully saturated rings. The van der Waals surface area contributed by atoms with Crippen LogP contribution in [0, 0.1) is 5.92 Å². The first-order valence-electron chi connectivity index (χ1n) is 6.85. The van der Waals surface area contributed by atoms with Crippen LogP contribution in [-0.4, -0.2) is 43.5 Å². The lowest BCUT2D eigenvalue weighted by Crippen LogP contribution is -2.36. The van der Waals surface area contributed by atoms with Crippen molar-refractivity contribution in [1.82, 2.24) is 9.80 Å². The van der Waals surface area contributed by atoms with Gasteiger partial charge in [-0.1, -0.05) is 12.1 Å². The first-order chi connectivity index (χ1) is 8.63. The molecular weight excluding hydrogens is 293 g/mol. The molecule has 0 unspecified atom stereocenters.